The Hall–Kier alpha value is -2.27. The quantitative estimate of drug-likeness (QED) is 0.505. The Morgan fingerprint density at radius 2 is 1.77 bits per heavy atom. The molecule has 2 amide bonds. The zero-order valence-electron chi connectivity index (χ0n) is 18.4. The first kappa shape index (κ1) is 24.0. The Balaban J connectivity index is 1.98. The van der Waals surface area contributed by atoms with E-state index in [1.807, 2.05) is 37.3 Å². The van der Waals surface area contributed by atoms with Gasteiger partial charge in [-0.3, -0.25) is 9.59 Å². The van der Waals surface area contributed by atoms with Crippen LogP contribution in [0.2, 0.25) is 0 Å². The van der Waals surface area contributed by atoms with E-state index in [0.29, 0.717) is 18.8 Å². The van der Waals surface area contributed by atoms with Crippen LogP contribution in [0.25, 0.3) is 0 Å². The van der Waals surface area contributed by atoms with Crippen LogP contribution in [-0.4, -0.2) is 41.6 Å². The van der Waals surface area contributed by atoms with Crippen LogP contribution in [0.15, 0.2) is 54.6 Å². The number of amides is 2. The highest BCUT2D eigenvalue weighted by Gasteiger charge is 2.25. The van der Waals surface area contributed by atoms with Crippen LogP contribution in [0.5, 0.6) is 0 Å². The summed E-state index contributed by atoms with van der Waals surface area (Å²) in [6, 6.07) is 17.9. The van der Waals surface area contributed by atoms with Gasteiger partial charge in [0, 0.05) is 18.8 Å². The molecule has 0 bridgehead atoms. The van der Waals surface area contributed by atoms with Crippen molar-refractivity contribution in [3.05, 3.63) is 71.3 Å². The van der Waals surface area contributed by atoms with Gasteiger partial charge in [0.1, 0.15) is 6.04 Å². The molecule has 0 heterocycles. The molecule has 0 spiro atoms. The highest BCUT2D eigenvalue weighted by atomic mass is 32.2. The predicted molar refractivity (Wildman–Crippen MR) is 127 cm³/mol. The monoisotopic (exact) mass is 426 g/mol. The van der Waals surface area contributed by atoms with Crippen molar-refractivity contribution in [3.8, 4) is 0 Å². The van der Waals surface area contributed by atoms with Gasteiger partial charge in [-0.15, -0.1) is 11.8 Å². The molecule has 2 rings (SSSR count). The number of nitrogens with one attached hydrogen (secondary N) is 1. The van der Waals surface area contributed by atoms with E-state index in [0.717, 1.165) is 25.0 Å². The Bertz CT molecular complexity index is 795. The van der Waals surface area contributed by atoms with Crippen molar-refractivity contribution in [3.63, 3.8) is 0 Å². The molecule has 162 valence electrons. The lowest BCUT2D eigenvalue weighted by Gasteiger charge is -2.28. The van der Waals surface area contributed by atoms with Crippen LogP contribution in [0.3, 0.4) is 0 Å². The van der Waals surface area contributed by atoms with Crippen LogP contribution < -0.4 is 5.32 Å². The molecule has 0 aliphatic heterocycles. The number of unbranched alkanes of at least 4 members (excludes halogenated alkanes) is 1. The zero-order chi connectivity index (χ0) is 21.8. The number of hydrogen-bond donors (Lipinski definition) is 1. The summed E-state index contributed by atoms with van der Waals surface area (Å²) in [6.45, 7) is 7.21. The normalized spacial score (nSPS) is 11.7. The smallest absolute Gasteiger partial charge is 0.242 e. The third-order valence-corrected chi connectivity index (χ3v) is 6.19. The average Bonchev–Trinajstić information content (AvgIpc) is 2.76. The Kier molecular flexibility index (Phi) is 10.5. The average molecular weight is 427 g/mol. The maximum absolute atomic E-state index is 13.0. The molecule has 0 aromatic heterocycles. The lowest BCUT2D eigenvalue weighted by molar-refractivity contribution is -0.137. The molecule has 0 radical (unpaired) electrons. The van der Waals surface area contributed by atoms with Crippen LogP contribution in [0.4, 0.5) is 0 Å². The number of carbonyl (C=O) groups excluding carboxylic acids is 2. The summed E-state index contributed by atoms with van der Waals surface area (Å²) in [6.07, 6.45) is 2.71. The minimum atomic E-state index is -0.475. The number of aryl methyl sites for hydroxylation is 1. The van der Waals surface area contributed by atoms with Gasteiger partial charge in [0.2, 0.25) is 11.8 Å². The summed E-state index contributed by atoms with van der Waals surface area (Å²) >= 11 is 1.61. The molecule has 0 saturated heterocycles. The second-order valence-electron chi connectivity index (χ2n) is 7.56. The van der Waals surface area contributed by atoms with E-state index >= 15 is 0 Å². The second-order valence-corrected chi connectivity index (χ2v) is 8.55. The minimum absolute atomic E-state index is 0.0163. The Labute approximate surface area is 185 Å². The number of thioether (sulfide) groups is 1. The van der Waals surface area contributed by atoms with E-state index in [2.05, 4.69) is 43.4 Å². The van der Waals surface area contributed by atoms with Crippen molar-refractivity contribution < 1.29 is 9.59 Å². The molecule has 4 nitrogen and oxygen atoms in total. The fraction of sp³-hybridized carbons (Fsp3) is 0.440. The third-order valence-electron chi connectivity index (χ3n) is 5.23. The lowest BCUT2D eigenvalue weighted by Crippen LogP contribution is -2.49. The molecular formula is C25H34N2O2S. The fourth-order valence-corrected chi connectivity index (χ4v) is 4.20. The fourth-order valence-electron chi connectivity index (χ4n) is 3.21. The number of rotatable bonds is 12. The van der Waals surface area contributed by atoms with Crippen molar-refractivity contribution in [1.29, 1.82) is 0 Å². The molecule has 2 aromatic carbocycles. The van der Waals surface area contributed by atoms with Crippen LogP contribution in [0, 0.1) is 6.92 Å². The van der Waals surface area contributed by atoms with E-state index in [1.54, 1.807) is 16.7 Å². The van der Waals surface area contributed by atoms with E-state index in [1.165, 1.54) is 16.7 Å². The van der Waals surface area contributed by atoms with Crippen LogP contribution >= 0.6 is 11.8 Å². The number of carbonyl (C=O) groups is 2. The Morgan fingerprint density at radius 1 is 1.07 bits per heavy atom. The van der Waals surface area contributed by atoms with Crippen molar-refractivity contribution in [2.45, 2.75) is 51.8 Å². The van der Waals surface area contributed by atoms with Gasteiger partial charge < -0.3 is 10.2 Å². The highest BCUT2D eigenvalue weighted by molar-refractivity contribution is 7.99. The van der Waals surface area contributed by atoms with Crippen LogP contribution in [0.1, 0.15) is 43.4 Å². The van der Waals surface area contributed by atoms with Crippen molar-refractivity contribution in [1.82, 2.24) is 10.2 Å². The van der Waals surface area contributed by atoms with Crippen molar-refractivity contribution in [2.75, 3.05) is 18.8 Å². The third kappa shape index (κ3) is 7.86. The summed E-state index contributed by atoms with van der Waals surface area (Å²) in [4.78, 5) is 27.4. The maximum Gasteiger partial charge on any atom is 0.242 e. The van der Waals surface area contributed by atoms with Gasteiger partial charge in [-0.2, -0.15) is 0 Å². The first-order chi connectivity index (χ1) is 14.5. The highest BCUT2D eigenvalue weighted by Crippen LogP contribution is 2.17. The molecule has 0 fully saturated rings. The molecule has 2 aromatic rings. The molecule has 1 atom stereocenters. The molecule has 0 saturated carbocycles. The van der Waals surface area contributed by atoms with E-state index in [-0.39, 0.29) is 11.8 Å². The van der Waals surface area contributed by atoms with Gasteiger partial charge in [-0.05, 0) is 43.4 Å². The first-order valence-corrected chi connectivity index (χ1v) is 11.9. The topological polar surface area (TPSA) is 49.4 Å². The molecule has 1 N–H and O–H groups in total. The molecule has 0 unspecified atom stereocenters. The largest absolute Gasteiger partial charge is 0.354 e. The summed E-state index contributed by atoms with van der Waals surface area (Å²) in [5.74, 6) is 1.11. The zero-order valence-corrected chi connectivity index (χ0v) is 19.2. The van der Waals surface area contributed by atoms with E-state index in [4.69, 9.17) is 0 Å². The molecule has 30 heavy (non-hydrogen) atoms. The van der Waals surface area contributed by atoms with Gasteiger partial charge in [0.25, 0.3) is 0 Å². The summed E-state index contributed by atoms with van der Waals surface area (Å²) < 4.78 is 0. The van der Waals surface area contributed by atoms with Gasteiger partial charge >= 0.3 is 0 Å². The standard InChI is InChI=1S/C25H34N2O2S/c1-4-5-16-26-25(29)21(3)27(17-15-22-12-7-6-8-13-22)24(28)19-30-18-23-14-10-9-11-20(23)2/h6-14,21H,4-5,15-19H2,1-3H3,(H,26,29)/t21-/m1/s1. The van der Waals surface area contributed by atoms with Gasteiger partial charge in [-0.25, -0.2) is 0 Å². The minimum Gasteiger partial charge on any atom is -0.354 e. The number of benzene rings is 2. The summed E-state index contributed by atoms with van der Waals surface area (Å²) in [7, 11) is 0. The molecule has 5 heteroatoms. The molecular weight excluding hydrogens is 392 g/mol. The maximum atomic E-state index is 13.0. The predicted octanol–water partition coefficient (Wildman–Crippen LogP) is 4.60. The SMILES string of the molecule is CCCCNC(=O)[C@@H](C)N(CCc1ccccc1)C(=O)CSCc1ccccc1C. The molecule has 0 aliphatic carbocycles. The van der Waals surface area contributed by atoms with Crippen molar-refractivity contribution >= 4 is 23.6 Å². The van der Waals surface area contributed by atoms with Gasteiger partial charge in [0.15, 0.2) is 0 Å². The van der Waals surface area contributed by atoms with Crippen molar-refractivity contribution in [2.24, 2.45) is 0 Å². The summed E-state index contributed by atoms with van der Waals surface area (Å²) in [5, 5.41) is 2.97. The number of nitrogens with zero attached hydrogens (tertiary/aromatic N) is 1. The van der Waals surface area contributed by atoms with Crippen LogP contribution in [-0.2, 0) is 21.8 Å². The number of hydrogen-bond acceptors (Lipinski definition) is 3. The lowest BCUT2D eigenvalue weighted by atomic mass is 10.1. The van der Waals surface area contributed by atoms with Gasteiger partial charge in [0.05, 0.1) is 5.75 Å². The molecule has 0 aliphatic rings. The Morgan fingerprint density at radius 3 is 2.47 bits per heavy atom. The van der Waals surface area contributed by atoms with E-state index in [9.17, 15) is 9.59 Å². The van der Waals surface area contributed by atoms with E-state index < -0.39 is 6.04 Å². The van der Waals surface area contributed by atoms with Gasteiger partial charge in [-0.1, -0.05) is 67.9 Å². The summed E-state index contributed by atoms with van der Waals surface area (Å²) in [5.41, 5.74) is 3.65. The first-order valence-electron chi connectivity index (χ1n) is 10.8. The second kappa shape index (κ2) is 13.1.